The van der Waals surface area contributed by atoms with E-state index >= 15 is 0 Å². The first-order valence-electron chi connectivity index (χ1n) is 6.90. The molecule has 3 N–H and O–H groups in total. The molecule has 0 radical (unpaired) electrons. The summed E-state index contributed by atoms with van der Waals surface area (Å²) >= 11 is 4.97. The minimum absolute atomic E-state index is 0.00757. The van der Waals surface area contributed by atoms with Crippen molar-refractivity contribution in [2.45, 2.75) is 6.92 Å². The van der Waals surface area contributed by atoms with Crippen molar-refractivity contribution in [2.24, 2.45) is 5.10 Å². The fraction of sp³-hybridized carbons (Fsp3) is 0.538. The fourth-order valence-electron chi connectivity index (χ4n) is 2.32. The van der Waals surface area contributed by atoms with Crippen LogP contribution in [-0.2, 0) is 4.79 Å². The molecule has 0 unspecified atom stereocenters. The zero-order valence-electron chi connectivity index (χ0n) is 11.6. The van der Waals surface area contributed by atoms with Gasteiger partial charge in [0.2, 0.25) is 0 Å². The van der Waals surface area contributed by atoms with Crippen molar-refractivity contribution in [1.82, 2.24) is 5.43 Å². The van der Waals surface area contributed by atoms with Gasteiger partial charge in [-0.3, -0.25) is 4.79 Å². The normalized spacial score (nSPS) is 23.1. The number of thiophene rings is 1. The van der Waals surface area contributed by atoms with E-state index < -0.39 is 0 Å². The summed E-state index contributed by atoms with van der Waals surface area (Å²) in [4.78, 5) is 15.8. The molecule has 0 bridgehead atoms. The van der Waals surface area contributed by atoms with Gasteiger partial charge in [-0.15, -0.1) is 11.3 Å². The third-order valence-corrected chi connectivity index (χ3v) is 5.17. The lowest BCUT2D eigenvalue weighted by Crippen LogP contribution is -3.28. The molecular formula is C13H21BrN4OS+2. The first-order valence-corrected chi connectivity index (χ1v) is 8.57. The second-order valence-corrected chi connectivity index (χ2v) is 6.85. The van der Waals surface area contributed by atoms with E-state index in [1.54, 1.807) is 22.5 Å². The number of nitrogens with zero attached hydrogens (tertiary/aromatic N) is 1. The van der Waals surface area contributed by atoms with Crippen LogP contribution in [0, 0.1) is 0 Å². The highest BCUT2D eigenvalue weighted by molar-refractivity contribution is 9.10. The van der Waals surface area contributed by atoms with Crippen LogP contribution in [-0.4, -0.2) is 51.4 Å². The maximum absolute atomic E-state index is 11.8. The average molecular weight is 361 g/mol. The van der Waals surface area contributed by atoms with Crippen LogP contribution in [0.5, 0.6) is 0 Å². The number of amides is 1. The number of hydrazone groups is 1. The van der Waals surface area contributed by atoms with Crippen LogP contribution in [0.1, 0.15) is 11.8 Å². The van der Waals surface area contributed by atoms with E-state index in [2.05, 4.69) is 33.4 Å². The molecule has 0 atom stereocenters. The molecule has 5 nitrogen and oxygen atoms in total. The molecule has 0 aromatic carbocycles. The van der Waals surface area contributed by atoms with Crippen LogP contribution in [0.3, 0.4) is 0 Å². The number of quaternary nitrogens is 2. The molecule has 0 saturated carbocycles. The number of carbonyl (C=O) groups is 1. The Morgan fingerprint density at radius 3 is 2.75 bits per heavy atom. The van der Waals surface area contributed by atoms with Gasteiger partial charge in [-0.2, -0.15) is 5.10 Å². The van der Waals surface area contributed by atoms with E-state index in [-0.39, 0.29) is 5.91 Å². The Kier molecular flexibility index (Phi) is 6.15. The molecule has 20 heavy (non-hydrogen) atoms. The topological polar surface area (TPSA) is 50.3 Å². The van der Waals surface area contributed by atoms with Crippen molar-refractivity contribution in [3.05, 3.63) is 20.8 Å². The Hall–Kier alpha value is -0.760. The minimum Gasteiger partial charge on any atom is -0.326 e. The van der Waals surface area contributed by atoms with E-state index in [0.717, 1.165) is 35.5 Å². The highest BCUT2D eigenvalue weighted by Gasteiger charge is 2.23. The summed E-state index contributed by atoms with van der Waals surface area (Å²) < 4.78 is 1.04. The number of carbonyl (C=O) groups excluding carboxylic acids is 1. The van der Waals surface area contributed by atoms with E-state index in [0.29, 0.717) is 6.54 Å². The first-order chi connectivity index (χ1) is 9.67. The number of likely N-dealkylation sites (N-methyl/N-ethyl adjacent to an activating group) is 1. The molecule has 7 heteroatoms. The molecule has 1 amide bonds. The summed E-state index contributed by atoms with van der Waals surface area (Å²) in [5.74, 6) is -0.00757. The molecule has 1 aromatic heterocycles. The molecule has 0 aliphatic carbocycles. The fourth-order valence-corrected chi connectivity index (χ4v) is 3.62. The molecule has 1 aromatic rings. The molecule has 0 spiro atoms. The van der Waals surface area contributed by atoms with E-state index in [1.807, 2.05) is 11.4 Å². The van der Waals surface area contributed by atoms with Gasteiger partial charge >= 0.3 is 0 Å². The number of halogens is 1. The lowest BCUT2D eigenvalue weighted by Gasteiger charge is -2.28. The van der Waals surface area contributed by atoms with Crippen LogP contribution >= 0.6 is 27.3 Å². The van der Waals surface area contributed by atoms with Crippen LogP contribution in [0.15, 0.2) is 21.0 Å². The van der Waals surface area contributed by atoms with Gasteiger partial charge in [-0.05, 0) is 28.9 Å². The van der Waals surface area contributed by atoms with Gasteiger partial charge in [0.05, 0.1) is 12.8 Å². The SMILES string of the molecule is CC[NH+]1CC[NH+](CC(=O)N/N=C\c2cc(Br)cs2)CC1. The number of piperazine rings is 1. The van der Waals surface area contributed by atoms with Gasteiger partial charge in [-0.1, -0.05) is 0 Å². The van der Waals surface area contributed by atoms with Crippen molar-refractivity contribution >= 4 is 39.4 Å². The summed E-state index contributed by atoms with van der Waals surface area (Å²) in [7, 11) is 0. The molecule has 1 saturated heterocycles. The molecule has 110 valence electrons. The second-order valence-electron chi connectivity index (χ2n) is 4.99. The van der Waals surface area contributed by atoms with Crippen LogP contribution in [0.2, 0.25) is 0 Å². The molecule has 2 heterocycles. The summed E-state index contributed by atoms with van der Waals surface area (Å²) in [6.07, 6.45) is 1.68. The van der Waals surface area contributed by atoms with Gasteiger partial charge < -0.3 is 9.80 Å². The molecule has 1 aliphatic rings. The maximum atomic E-state index is 11.8. The lowest BCUT2D eigenvalue weighted by molar-refractivity contribution is -1.01. The minimum atomic E-state index is -0.00757. The van der Waals surface area contributed by atoms with Gasteiger partial charge in [0, 0.05) is 14.7 Å². The third-order valence-electron chi connectivity index (χ3n) is 3.54. The van der Waals surface area contributed by atoms with Crippen molar-refractivity contribution in [3.63, 3.8) is 0 Å². The van der Waals surface area contributed by atoms with Crippen molar-refractivity contribution in [2.75, 3.05) is 39.3 Å². The number of nitrogens with one attached hydrogen (secondary N) is 3. The van der Waals surface area contributed by atoms with Gasteiger partial charge in [0.25, 0.3) is 5.91 Å². The Bertz CT molecular complexity index is 469. The van der Waals surface area contributed by atoms with Crippen LogP contribution in [0.25, 0.3) is 0 Å². The predicted octanol–water partition coefficient (Wildman–Crippen LogP) is -1.24. The lowest BCUT2D eigenvalue weighted by atomic mass is 10.3. The molecular weight excluding hydrogens is 340 g/mol. The third kappa shape index (κ3) is 4.97. The van der Waals surface area contributed by atoms with Crippen LogP contribution in [0.4, 0.5) is 0 Å². The highest BCUT2D eigenvalue weighted by atomic mass is 79.9. The Morgan fingerprint density at radius 1 is 1.45 bits per heavy atom. The summed E-state index contributed by atoms with van der Waals surface area (Å²) in [5.41, 5.74) is 2.61. The number of hydrogen-bond acceptors (Lipinski definition) is 3. The Morgan fingerprint density at radius 2 is 2.15 bits per heavy atom. The van der Waals surface area contributed by atoms with E-state index in [1.165, 1.54) is 11.4 Å². The predicted molar refractivity (Wildman–Crippen MR) is 84.6 cm³/mol. The van der Waals surface area contributed by atoms with E-state index in [4.69, 9.17) is 0 Å². The van der Waals surface area contributed by atoms with E-state index in [9.17, 15) is 4.79 Å². The molecule has 1 aliphatic heterocycles. The molecule has 2 rings (SSSR count). The van der Waals surface area contributed by atoms with Crippen LogP contribution < -0.4 is 15.2 Å². The highest BCUT2D eigenvalue weighted by Crippen LogP contribution is 2.17. The number of hydrogen-bond donors (Lipinski definition) is 3. The molecule has 1 fully saturated rings. The maximum Gasteiger partial charge on any atom is 0.295 e. The second kappa shape index (κ2) is 7.87. The standard InChI is InChI=1S/C13H19BrN4OS/c1-2-17-3-5-18(6-4-17)9-13(19)16-15-8-12-7-11(14)10-20-12/h7-8,10H,2-6,9H2,1H3,(H,16,19)/p+2/b15-8-. The summed E-state index contributed by atoms with van der Waals surface area (Å²) in [6.45, 7) is 8.36. The number of rotatable bonds is 5. The monoisotopic (exact) mass is 360 g/mol. The van der Waals surface area contributed by atoms with Crippen molar-refractivity contribution in [1.29, 1.82) is 0 Å². The zero-order valence-corrected chi connectivity index (χ0v) is 14.0. The first kappa shape index (κ1) is 15.6. The summed E-state index contributed by atoms with van der Waals surface area (Å²) in [6, 6.07) is 1.97. The average Bonchev–Trinajstić information content (AvgIpc) is 2.85. The quantitative estimate of drug-likeness (QED) is 0.446. The van der Waals surface area contributed by atoms with Gasteiger partial charge in [0.1, 0.15) is 26.2 Å². The largest absolute Gasteiger partial charge is 0.326 e. The smallest absolute Gasteiger partial charge is 0.295 e. The van der Waals surface area contributed by atoms with Crippen molar-refractivity contribution < 1.29 is 14.6 Å². The Labute approximate surface area is 131 Å². The van der Waals surface area contributed by atoms with Crippen molar-refractivity contribution in [3.8, 4) is 0 Å². The van der Waals surface area contributed by atoms with Gasteiger partial charge in [-0.25, -0.2) is 5.43 Å². The Balaban J connectivity index is 1.69. The van der Waals surface area contributed by atoms with Gasteiger partial charge in [0.15, 0.2) is 6.54 Å². The summed E-state index contributed by atoms with van der Waals surface area (Å²) in [5, 5.41) is 5.99. The zero-order chi connectivity index (χ0) is 14.4.